The van der Waals surface area contributed by atoms with Crippen LogP contribution in [0.3, 0.4) is 0 Å². The van der Waals surface area contributed by atoms with Gasteiger partial charge in [0.15, 0.2) is 5.82 Å². The molecule has 3 aromatic rings. The lowest BCUT2D eigenvalue weighted by molar-refractivity contribution is -0.131. The van der Waals surface area contributed by atoms with Gasteiger partial charge in [-0.3, -0.25) is 5.10 Å². The van der Waals surface area contributed by atoms with E-state index in [0.29, 0.717) is 38.4 Å². The molecule has 148 valence electrons. The van der Waals surface area contributed by atoms with E-state index in [0.717, 1.165) is 17.3 Å². The summed E-state index contributed by atoms with van der Waals surface area (Å²) in [5, 5.41) is 17.4. The summed E-state index contributed by atoms with van der Waals surface area (Å²) in [6.07, 6.45) is 3.20. The zero-order chi connectivity index (χ0) is 20.8. The van der Waals surface area contributed by atoms with Crippen LogP contribution in [0.15, 0.2) is 69.7 Å². The second kappa shape index (κ2) is 9.78. The molecule has 0 aliphatic heterocycles. The van der Waals surface area contributed by atoms with Crippen LogP contribution >= 0.6 is 39.3 Å². The van der Waals surface area contributed by atoms with Crippen molar-refractivity contribution >= 4 is 51.3 Å². The molecule has 1 heterocycles. The minimum absolute atomic E-state index is 0.0818. The molecule has 0 saturated carbocycles. The summed E-state index contributed by atoms with van der Waals surface area (Å²) in [4.78, 5) is 16.1. The predicted molar refractivity (Wildman–Crippen MR) is 118 cm³/mol. The lowest BCUT2D eigenvalue weighted by Gasteiger charge is -2.07. The molecule has 0 spiro atoms. The number of aromatic amines is 1. The van der Waals surface area contributed by atoms with Crippen molar-refractivity contribution in [1.82, 2.24) is 15.2 Å². The van der Waals surface area contributed by atoms with E-state index in [1.807, 2.05) is 0 Å². The van der Waals surface area contributed by atoms with Gasteiger partial charge in [-0.25, -0.2) is 9.78 Å². The summed E-state index contributed by atoms with van der Waals surface area (Å²) in [5.41, 5.74) is 1.50. The van der Waals surface area contributed by atoms with Crippen LogP contribution in [0.2, 0.25) is 5.02 Å². The number of H-pyrrole nitrogens is 1. The third-order valence-electron chi connectivity index (χ3n) is 3.60. The molecule has 0 unspecified atom stereocenters. The number of thioether (sulfide) groups is 1. The van der Waals surface area contributed by atoms with E-state index < -0.39 is 5.97 Å². The van der Waals surface area contributed by atoms with Crippen molar-refractivity contribution in [2.75, 3.05) is 6.61 Å². The maximum atomic E-state index is 11.7. The Labute approximate surface area is 184 Å². The summed E-state index contributed by atoms with van der Waals surface area (Å²) >= 11 is 10.3. The van der Waals surface area contributed by atoms with Crippen molar-refractivity contribution < 1.29 is 14.6 Å². The van der Waals surface area contributed by atoms with Crippen molar-refractivity contribution in [3.63, 3.8) is 0 Å². The van der Waals surface area contributed by atoms with E-state index in [9.17, 15) is 9.90 Å². The number of ether oxygens (including phenoxy) is 1. The number of nitrogens with zero attached hydrogens (tertiary/aromatic N) is 2. The smallest absolute Gasteiger partial charge is 0.342 e. The highest BCUT2D eigenvalue weighted by Crippen LogP contribution is 2.31. The van der Waals surface area contributed by atoms with Crippen LogP contribution in [0.1, 0.15) is 5.56 Å². The van der Waals surface area contributed by atoms with Crippen molar-refractivity contribution in [3.8, 4) is 17.1 Å². The number of hydrogen-bond donors (Lipinski definition) is 2. The van der Waals surface area contributed by atoms with Gasteiger partial charge < -0.3 is 9.84 Å². The van der Waals surface area contributed by atoms with Gasteiger partial charge in [-0.05, 0) is 75.7 Å². The minimum atomic E-state index is -1.07. The van der Waals surface area contributed by atoms with Gasteiger partial charge in [-0.2, -0.15) is 0 Å². The van der Waals surface area contributed by atoms with Gasteiger partial charge >= 0.3 is 5.97 Å². The average Bonchev–Trinajstić information content (AvgIpc) is 3.16. The molecule has 2 N–H and O–H groups in total. The third-order valence-corrected chi connectivity index (χ3v) is 5.35. The van der Waals surface area contributed by atoms with Gasteiger partial charge in [-0.1, -0.05) is 30.3 Å². The fraction of sp³-hybridized carbons (Fsp3) is 0.0500. The molecule has 0 atom stereocenters. The largest absolute Gasteiger partial charge is 0.488 e. The number of benzene rings is 2. The van der Waals surface area contributed by atoms with Gasteiger partial charge in [0.25, 0.3) is 0 Å². The molecule has 6 nitrogen and oxygen atoms in total. The van der Waals surface area contributed by atoms with E-state index in [4.69, 9.17) is 16.3 Å². The van der Waals surface area contributed by atoms with Crippen LogP contribution in [0.25, 0.3) is 17.5 Å². The Morgan fingerprint density at radius 3 is 2.72 bits per heavy atom. The number of rotatable bonds is 8. The van der Waals surface area contributed by atoms with Gasteiger partial charge in [0.2, 0.25) is 5.16 Å². The highest BCUT2D eigenvalue weighted by molar-refractivity contribution is 9.10. The zero-order valence-corrected chi connectivity index (χ0v) is 18.1. The lowest BCUT2D eigenvalue weighted by Crippen LogP contribution is -1.98. The van der Waals surface area contributed by atoms with E-state index in [2.05, 4.69) is 37.7 Å². The molecular formula is C20H15BrClN3O3S. The van der Waals surface area contributed by atoms with Gasteiger partial charge in [0.05, 0.1) is 4.47 Å². The number of aromatic nitrogens is 3. The summed E-state index contributed by atoms with van der Waals surface area (Å²) in [6, 6.07) is 12.4. The molecule has 29 heavy (non-hydrogen) atoms. The molecule has 0 bridgehead atoms. The molecular weight excluding hydrogens is 478 g/mol. The van der Waals surface area contributed by atoms with Crippen LogP contribution in [-0.2, 0) is 4.79 Å². The number of nitrogens with one attached hydrogen (secondary N) is 1. The first-order valence-electron chi connectivity index (χ1n) is 8.30. The Kier molecular flexibility index (Phi) is 7.13. The number of aliphatic carboxylic acids is 1. The van der Waals surface area contributed by atoms with Crippen LogP contribution in [-0.4, -0.2) is 32.9 Å². The first-order valence-corrected chi connectivity index (χ1v) is 10.3. The maximum absolute atomic E-state index is 11.7. The topological polar surface area (TPSA) is 88.1 Å². The van der Waals surface area contributed by atoms with Crippen LogP contribution in [0.4, 0.5) is 0 Å². The summed E-state index contributed by atoms with van der Waals surface area (Å²) < 4.78 is 6.22. The highest BCUT2D eigenvalue weighted by Gasteiger charge is 2.15. The number of carboxylic acid groups (broad SMARTS) is 1. The van der Waals surface area contributed by atoms with Gasteiger partial charge in [-0.15, -0.1) is 5.10 Å². The Morgan fingerprint density at radius 2 is 2.07 bits per heavy atom. The Morgan fingerprint density at radius 1 is 1.31 bits per heavy atom. The van der Waals surface area contributed by atoms with Crippen LogP contribution in [0.5, 0.6) is 5.75 Å². The molecule has 3 rings (SSSR count). The van der Waals surface area contributed by atoms with E-state index in [1.54, 1.807) is 54.6 Å². The number of hydrogen-bond acceptors (Lipinski definition) is 5. The molecule has 0 aliphatic carbocycles. The van der Waals surface area contributed by atoms with E-state index in [-0.39, 0.29) is 4.91 Å². The molecule has 0 radical (unpaired) electrons. The first-order chi connectivity index (χ1) is 14.0. The quantitative estimate of drug-likeness (QED) is 0.239. The predicted octanol–water partition coefficient (Wildman–Crippen LogP) is 5.67. The second-order valence-electron chi connectivity index (χ2n) is 5.68. The van der Waals surface area contributed by atoms with E-state index in [1.165, 1.54) is 0 Å². The van der Waals surface area contributed by atoms with Crippen molar-refractivity contribution in [2.24, 2.45) is 0 Å². The maximum Gasteiger partial charge on any atom is 0.342 e. The molecule has 0 saturated heterocycles. The monoisotopic (exact) mass is 491 g/mol. The van der Waals surface area contributed by atoms with Crippen molar-refractivity contribution in [1.29, 1.82) is 0 Å². The SMILES string of the molecule is C=CCOc1ccc(/C=C(\Sc2n[nH]c(-c3ccc(Cl)cc3)n2)C(=O)O)cc1Br. The fourth-order valence-electron chi connectivity index (χ4n) is 2.29. The van der Waals surface area contributed by atoms with Crippen LogP contribution < -0.4 is 4.74 Å². The molecule has 9 heteroatoms. The number of carboxylic acids is 1. The Bertz CT molecular complexity index is 1070. The zero-order valence-electron chi connectivity index (χ0n) is 14.9. The van der Waals surface area contributed by atoms with Crippen LogP contribution in [0, 0.1) is 0 Å². The third kappa shape index (κ3) is 5.72. The minimum Gasteiger partial charge on any atom is -0.488 e. The Hall–Kier alpha value is -2.55. The first kappa shape index (κ1) is 21.2. The molecule has 1 aromatic heterocycles. The Balaban J connectivity index is 1.80. The fourth-order valence-corrected chi connectivity index (χ4v) is 3.63. The molecule has 2 aromatic carbocycles. The van der Waals surface area contributed by atoms with Crippen molar-refractivity contribution in [2.45, 2.75) is 5.16 Å². The second-order valence-corrected chi connectivity index (χ2v) is 7.98. The highest BCUT2D eigenvalue weighted by atomic mass is 79.9. The standard InChI is InChI=1S/C20H15BrClN3O3S/c1-2-9-28-16-8-3-12(10-15(16)21)11-17(19(26)27)29-20-23-18(24-25-20)13-4-6-14(22)7-5-13/h2-8,10-11H,1,9H2,(H,26,27)(H,23,24,25)/b17-11-. The molecule has 0 aliphatic rings. The summed E-state index contributed by atoms with van der Waals surface area (Å²) in [6.45, 7) is 3.99. The molecule has 0 fully saturated rings. The van der Waals surface area contributed by atoms with Gasteiger partial charge in [0, 0.05) is 10.6 Å². The normalized spacial score (nSPS) is 11.3. The summed E-state index contributed by atoms with van der Waals surface area (Å²) in [7, 11) is 0. The van der Waals surface area contributed by atoms with Gasteiger partial charge in [0.1, 0.15) is 17.3 Å². The lowest BCUT2D eigenvalue weighted by atomic mass is 10.2. The number of carbonyl (C=O) groups is 1. The number of halogens is 2. The van der Waals surface area contributed by atoms with E-state index >= 15 is 0 Å². The molecule has 0 amide bonds. The average molecular weight is 493 g/mol. The van der Waals surface area contributed by atoms with Crippen molar-refractivity contribution in [3.05, 3.63) is 75.1 Å². The summed E-state index contributed by atoms with van der Waals surface area (Å²) in [5.74, 6) is 0.101.